The van der Waals surface area contributed by atoms with Gasteiger partial charge in [-0.3, -0.25) is 0 Å². The third-order valence-electron chi connectivity index (χ3n) is 2.99. The fourth-order valence-electron chi connectivity index (χ4n) is 1.59. The van der Waals surface area contributed by atoms with E-state index in [9.17, 15) is 31.1 Å². The number of benzene rings is 1. The van der Waals surface area contributed by atoms with Crippen molar-refractivity contribution >= 4 is 17.6 Å². The highest BCUT2D eigenvalue weighted by molar-refractivity contribution is 6.35. The largest absolute Gasteiger partial charge is 0.427 e. The molecule has 0 spiro atoms. The van der Waals surface area contributed by atoms with E-state index in [0.717, 1.165) is 17.7 Å². The number of hydrogen-bond donors (Lipinski definition) is 0. The zero-order valence-corrected chi connectivity index (χ0v) is 13.0. The van der Waals surface area contributed by atoms with Crippen LogP contribution in [0.2, 0.25) is 0 Å². The first-order chi connectivity index (χ1) is 10.1. The van der Waals surface area contributed by atoms with E-state index in [1.807, 2.05) is 20.8 Å². The number of carbonyl (C=O) groups is 1. The van der Waals surface area contributed by atoms with E-state index >= 15 is 0 Å². The summed E-state index contributed by atoms with van der Waals surface area (Å²) in [6.07, 6.45) is -12.1. The molecule has 0 heterocycles. The van der Waals surface area contributed by atoms with Crippen LogP contribution in [-0.4, -0.2) is 23.2 Å². The van der Waals surface area contributed by atoms with Crippen molar-refractivity contribution in [2.24, 2.45) is 0 Å². The molecule has 9 heteroatoms. The summed E-state index contributed by atoms with van der Waals surface area (Å²) >= 11 is 4.57. The van der Waals surface area contributed by atoms with Gasteiger partial charge in [-0.1, -0.05) is 44.5 Å². The van der Waals surface area contributed by atoms with Crippen LogP contribution in [0, 0.1) is 0 Å². The number of rotatable bonds is 2. The monoisotopic (exact) mass is 362 g/mol. The first-order valence-electron chi connectivity index (χ1n) is 6.26. The molecular weight excluding hydrogens is 350 g/mol. The molecule has 2 nitrogen and oxygen atoms in total. The van der Waals surface area contributed by atoms with Gasteiger partial charge in [0.25, 0.3) is 0 Å². The van der Waals surface area contributed by atoms with Gasteiger partial charge in [0.1, 0.15) is 5.75 Å². The summed E-state index contributed by atoms with van der Waals surface area (Å²) in [5.74, 6) is -3.12. The molecule has 0 bridgehead atoms. The quantitative estimate of drug-likeness (QED) is 0.320. The Morgan fingerprint density at radius 2 is 1.30 bits per heavy atom. The molecule has 1 aromatic carbocycles. The lowest BCUT2D eigenvalue weighted by Crippen LogP contribution is -2.59. The molecule has 0 atom stereocenters. The highest BCUT2D eigenvalue weighted by Crippen LogP contribution is 2.48. The standard InChI is InChI=1S/C14H13ClF6O2/c1-11(2,3)8-4-6-9(7-5-8)23-10(22)12(15,13(16,17)18)14(19,20)21/h4-7H,1-3H3. The Kier molecular flexibility index (Phi) is 5.02. The van der Waals surface area contributed by atoms with Crippen LogP contribution in [0.1, 0.15) is 26.3 Å². The summed E-state index contributed by atoms with van der Waals surface area (Å²) in [6.45, 7) is 5.56. The molecule has 0 aliphatic carbocycles. The fourth-order valence-corrected chi connectivity index (χ4v) is 1.63. The van der Waals surface area contributed by atoms with Crippen molar-refractivity contribution in [3.05, 3.63) is 29.8 Å². The normalized spacial score (nSPS) is 13.8. The third kappa shape index (κ3) is 3.91. The van der Waals surface area contributed by atoms with Crippen molar-refractivity contribution in [2.45, 2.75) is 43.4 Å². The maximum Gasteiger partial charge on any atom is 0.427 e. The second kappa shape index (κ2) is 5.89. The van der Waals surface area contributed by atoms with Crippen molar-refractivity contribution in [1.29, 1.82) is 0 Å². The molecule has 0 aliphatic rings. The van der Waals surface area contributed by atoms with Gasteiger partial charge in [-0.15, -0.1) is 0 Å². The molecule has 0 saturated carbocycles. The lowest BCUT2D eigenvalue weighted by molar-refractivity contribution is -0.265. The number of esters is 1. The van der Waals surface area contributed by atoms with Gasteiger partial charge in [-0.05, 0) is 23.1 Å². The Labute approximate surface area is 133 Å². The topological polar surface area (TPSA) is 26.3 Å². The SMILES string of the molecule is CC(C)(C)c1ccc(OC(=O)C(Cl)(C(F)(F)F)C(F)(F)F)cc1. The molecule has 0 radical (unpaired) electrons. The number of ether oxygens (including phenoxy) is 1. The predicted molar refractivity (Wildman–Crippen MR) is 71.5 cm³/mol. The average molecular weight is 363 g/mol. The number of carbonyl (C=O) groups excluding carboxylic acids is 1. The first kappa shape index (κ1) is 19.6. The van der Waals surface area contributed by atoms with Crippen LogP contribution in [0.3, 0.4) is 0 Å². The smallest absolute Gasteiger partial charge is 0.425 e. The number of hydrogen-bond acceptors (Lipinski definition) is 2. The van der Waals surface area contributed by atoms with E-state index in [0.29, 0.717) is 0 Å². The molecular formula is C14H13ClF6O2. The van der Waals surface area contributed by atoms with Crippen molar-refractivity contribution in [3.8, 4) is 5.75 Å². The Morgan fingerprint density at radius 3 is 1.61 bits per heavy atom. The van der Waals surface area contributed by atoms with E-state index in [-0.39, 0.29) is 5.41 Å². The summed E-state index contributed by atoms with van der Waals surface area (Å²) in [5.41, 5.74) is 0.456. The second-order valence-electron chi connectivity index (χ2n) is 5.82. The van der Waals surface area contributed by atoms with Gasteiger partial charge in [-0.2, -0.15) is 26.3 Å². The summed E-state index contributed by atoms with van der Waals surface area (Å²) in [6, 6.07) is 5.06. The minimum Gasteiger partial charge on any atom is -0.425 e. The van der Waals surface area contributed by atoms with E-state index in [2.05, 4.69) is 16.3 Å². The molecule has 0 saturated heterocycles. The van der Waals surface area contributed by atoms with Gasteiger partial charge in [0.2, 0.25) is 0 Å². The predicted octanol–water partition coefficient (Wildman–Crippen LogP) is 4.99. The van der Waals surface area contributed by atoms with Crippen molar-refractivity contribution in [3.63, 3.8) is 0 Å². The highest BCUT2D eigenvalue weighted by atomic mass is 35.5. The molecule has 1 aromatic rings. The highest BCUT2D eigenvalue weighted by Gasteiger charge is 2.76. The van der Waals surface area contributed by atoms with E-state index in [4.69, 9.17) is 0 Å². The van der Waals surface area contributed by atoms with Crippen molar-refractivity contribution < 1.29 is 35.9 Å². The van der Waals surface area contributed by atoms with Crippen LogP contribution < -0.4 is 4.74 Å². The molecule has 0 aliphatic heterocycles. The first-order valence-corrected chi connectivity index (χ1v) is 6.63. The molecule has 0 N–H and O–H groups in total. The zero-order valence-electron chi connectivity index (χ0n) is 12.3. The van der Waals surface area contributed by atoms with Gasteiger partial charge in [0.05, 0.1) is 0 Å². The Bertz CT molecular complexity index is 555. The maximum absolute atomic E-state index is 12.6. The van der Waals surface area contributed by atoms with Crippen LogP contribution in [0.4, 0.5) is 26.3 Å². The number of alkyl halides is 7. The van der Waals surface area contributed by atoms with Crippen LogP contribution in [0.25, 0.3) is 0 Å². The molecule has 1 rings (SSSR count). The fraction of sp³-hybridized carbons (Fsp3) is 0.500. The lowest BCUT2D eigenvalue weighted by atomic mass is 9.87. The minimum atomic E-state index is -6.06. The second-order valence-corrected chi connectivity index (χ2v) is 6.38. The van der Waals surface area contributed by atoms with Crippen LogP contribution >= 0.6 is 11.6 Å². The molecule has 0 unspecified atom stereocenters. The third-order valence-corrected chi connectivity index (χ3v) is 3.58. The van der Waals surface area contributed by atoms with Gasteiger partial charge < -0.3 is 4.74 Å². The van der Waals surface area contributed by atoms with Gasteiger partial charge in [0, 0.05) is 0 Å². The summed E-state index contributed by atoms with van der Waals surface area (Å²) in [4.78, 5) is 6.29. The van der Waals surface area contributed by atoms with Gasteiger partial charge in [0.15, 0.2) is 0 Å². The summed E-state index contributed by atoms with van der Waals surface area (Å²) in [5, 5.41) is 0. The zero-order chi connectivity index (χ0) is 18.3. The molecule has 0 fully saturated rings. The molecule has 23 heavy (non-hydrogen) atoms. The van der Waals surface area contributed by atoms with Crippen LogP contribution in [0.5, 0.6) is 5.75 Å². The Hall–Kier alpha value is -1.44. The van der Waals surface area contributed by atoms with Crippen LogP contribution in [-0.2, 0) is 10.2 Å². The Balaban J connectivity index is 3.10. The van der Waals surface area contributed by atoms with E-state index < -0.39 is 28.9 Å². The van der Waals surface area contributed by atoms with Crippen molar-refractivity contribution in [1.82, 2.24) is 0 Å². The van der Waals surface area contributed by atoms with Gasteiger partial charge in [-0.25, -0.2) is 4.79 Å². The molecule has 0 amide bonds. The average Bonchev–Trinajstić information content (AvgIpc) is 2.34. The molecule has 130 valence electrons. The van der Waals surface area contributed by atoms with Crippen LogP contribution in [0.15, 0.2) is 24.3 Å². The van der Waals surface area contributed by atoms with E-state index in [1.54, 1.807) is 0 Å². The maximum atomic E-state index is 12.6. The van der Waals surface area contributed by atoms with Crippen molar-refractivity contribution in [2.75, 3.05) is 0 Å². The lowest BCUT2D eigenvalue weighted by Gasteiger charge is -2.29. The minimum absolute atomic E-state index is 0.295. The summed E-state index contributed by atoms with van der Waals surface area (Å²) < 4.78 is 79.9. The summed E-state index contributed by atoms with van der Waals surface area (Å²) in [7, 11) is 0. The molecule has 0 aromatic heterocycles. The van der Waals surface area contributed by atoms with Gasteiger partial charge >= 0.3 is 23.2 Å². The Morgan fingerprint density at radius 1 is 0.913 bits per heavy atom. The number of halogens is 7. The van der Waals surface area contributed by atoms with E-state index in [1.165, 1.54) is 12.1 Å².